The molecule has 178 valence electrons. The number of aryl methyl sites for hydroxylation is 1. The smallest absolute Gasteiger partial charge is 0.404 e. The first-order chi connectivity index (χ1) is 15.2. The maximum absolute atomic E-state index is 15.2. The van der Waals surface area contributed by atoms with Gasteiger partial charge in [-0.15, -0.1) is 0 Å². The van der Waals surface area contributed by atoms with Gasteiger partial charge in [0.05, 0.1) is 5.92 Å². The molecule has 11 heteroatoms. The highest BCUT2D eigenvalue weighted by molar-refractivity contribution is 5.80. The van der Waals surface area contributed by atoms with Crippen LogP contribution in [-0.2, 0) is 4.79 Å². The number of aromatic nitrogens is 2. The quantitative estimate of drug-likeness (QED) is 0.443. The van der Waals surface area contributed by atoms with E-state index in [1.54, 1.807) is 6.92 Å². The SMILES string of the molecule is Cc1nc(NNC(=O)[C@@H](CNC(=O)O)CC2CCCC2)c(F)c(N2CCN(C)[C@H](C)C2)n1. The average Bonchev–Trinajstić information content (AvgIpc) is 3.26. The number of piperazine rings is 1. The average molecular weight is 452 g/mol. The van der Waals surface area contributed by atoms with Crippen LogP contribution in [0, 0.1) is 24.6 Å². The van der Waals surface area contributed by atoms with E-state index >= 15 is 4.39 Å². The van der Waals surface area contributed by atoms with Crippen LogP contribution in [0.3, 0.4) is 0 Å². The van der Waals surface area contributed by atoms with Crippen molar-refractivity contribution >= 4 is 23.6 Å². The van der Waals surface area contributed by atoms with Gasteiger partial charge in [0.25, 0.3) is 0 Å². The predicted octanol–water partition coefficient (Wildman–Crippen LogP) is 1.97. The van der Waals surface area contributed by atoms with Gasteiger partial charge in [-0.3, -0.25) is 15.6 Å². The lowest BCUT2D eigenvalue weighted by Gasteiger charge is -2.38. The lowest BCUT2D eigenvalue weighted by atomic mass is 9.92. The van der Waals surface area contributed by atoms with Crippen molar-refractivity contribution in [2.24, 2.45) is 11.8 Å². The van der Waals surface area contributed by atoms with Crippen molar-refractivity contribution in [2.45, 2.75) is 52.0 Å². The summed E-state index contributed by atoms with van der Waals surface area (Å²) in [5.74, 6) is -0.669. The van der Waals surface area contributed by atoms with E-state index < -0.39 is 23.7 Å². The molecule has 0 radical (unpaired) electrons. The van der Waals surface area contributed by atoms with Crippen molar-refractivity contribution in [3.05, 3.63) is 11.6 Å². The number of hydrogen-bond donors (Lipinski definition) is 4. The second kappa shape index (κ2) is 10.8. The number of hydrogen-bond acceptors (Lipinski definition) is 7. The minimum absolute atomic E-state index is 0.00899. The summed E-state index contributed by atoms with van der Waals surface area (Å²) in [5.41, 5.74) is 5.14. The molecule has 1 aliphatic carbocycles. The number of carbonyl (C=O) groups is 2. The van der Waals surface area contributed by atoms with Gasteiger partial charge in [0.1, 0.15) is 5.82 Å². The third-order valence-electron chi connectivity index (χ3n) is 6.47. The van der Waals surface area contributed by atoms with E-state index in [2.05, 4.69) is 38.0 Å². The molecule has 3 rings (SSSR count). The number of halogens is 1. The highest BCUT2D eigenvalue weighted by Gasteiger charge is 2.28. The summed E-state index contributed by atoms with van der Waals surface area (Å²) in [6.07, 6.45) is 3.74. The second-order valence-corrected chi connectivity index (χ2v) is 8.92. The van der Waals surface area contributed by atoms with E-state index in [1.807, 2.05) is 11.9 Å². The first-order valence-corrected chi connectivity index (χ1v) is 11.3. The zero-order valence-electron chi connectivity index (χ0n) is 19.0. The van der Waals surface area contributed by atoms with Gasteiger partial charge in [-0.1, -0.05) is 25.7 Å². The monoisotopic (exact) mass is 451 g/mol. The fourth-order valence-electron chi connectivity index (χ4n) is 4.44. The molecule has 1 saturated heterocycles. The van der Waals surface area contributed by atoms with E-state index in [4.69, 9.17) is 5.11 Å². The molecule has 2 amide bonds. The Labute approximate surface area is 187 Å². The van der Waals surface area contributed by atoms with Crippen LogP contribution in [0.1, 0.15) is 44.9 Å². The molecule has 4 N–H and O–H groups in total. The van der Waals surface area contributed by atoms with E-state index in [0.29, 0.717) is 31.3 Å². The van der Waals surface area contributed by atoms with Crippen molar-refractivity contribution in [1.29, 1.82) is 0 Å². The van der Waals surface area contributed by atoms with Gasteiger partial charge in [0.2, 0.25) is 11.7 Å². The lowest BCUT2D eigenvalue weighted by Crippen LogP contribution is -2.50. The number of anilines is 2. The molecule has 0 spiro atoms. The molecule has 2 fully saturated rings. The molecule has 2 atom stereocenters. The van der Waals surface area contributed by atoms with Crippen LogP contribution in [0.15, 0.2) is 0 Å². The summed E-state index contributed by atoms with van der Waals surface area (Å²) in [6, 6.07) is 0.257. The zero-order chi connectivity index (χ0) is 23.3. The van der Waals surface area contributed by atoms with Gasteiger partial charge >= 0.3 is 6.09 Å². The normalized spacial score (nSPS) is 20.8. The molecule has 2 heterocycles. The van der Waals surface area contributed by atoms with Crippen molar-refractivity contribution in [3.8, 4) is 0 Å². The van der Waals surface area contributed by atoms with Gasteiger partial charge in [-0.25, -0.2) is 14.8 Å². The standard InChI is InChI=1S/C21H34FN7O3/c1-13-12-29(9-8-28(13)3)19-17(22)18(24-14(2)25-19)26-27-20(30)16(11-23-21(31)32)10-15-6-4-5-7-15/h13,15-16,23H,4-12H2,1-3H3,(H,27,30)(H,31,32)(H,24,25,26)/t13-,16-/m1/s1. The Morgan fingerprint density at radius 2 is 1.97 bits per heavy atom. The van der Waals surface area contributed by atoms with Gasteiger partial charge in [0, 0.05) is 32.2 Å². The van der Waals surface area contributed by atoms with Crippen LogP contribution in [0.5, 0.6) is 0 Å². The van der Waals surface area contributed by atoms with E-state index in [1.165, 1.54) is 0 Å². The Morgan fingerprint density at radius 1 is 1.25 bits per heavy atom. The maximum atomic E-state index is 15.2. The number of amides is 2. The number of nitrogens with zero attached hydrogens (tertiary/aromatic N) is 4. The van der Waals surface area contributed by atoms with Gasteiger partial charge in [-0.2, -0.15) is 4.39 Å². The maximum Gasteiger partial charge on any atom is 0.404 e. The molecule has 1 aliphatic heterocycles. The van der Waals surface area contributed by atoms with Crippen molar-refractivity contribution < 1.29 is 19.1 Å². The Kier molecular flexibility index (Phi) is 8.05. The molecule has 1 saturated carbocycles. The number of rotatable bonds is 8. The number of nitrogens with one attached hydrogen (secondary N) is 3. The molecular formula is C21H34FN7O3. The number of hydrazine groups is 1. The van der Waals surface area contributed by atoms with Gasteiger partial charge < -0.3 is 20.2 Å². The van der Waals surface area contributed by atoms with Crippen LogP contribution in [0.4, 0.5) is 20.8 Å². The molecule has 10 nitrogen and oxygen atoms in total. The summed E-state index contributed by atoms with van der Waals surface area (Å²) in [5, 5.41) is 11.2. The van der Waals surface area contributed by atoms with E-state index in [0.717, 1.165) is 32.2 Å². The molecule has 0 aromatic carbocycles. The summed E-state index contributed by atoms with van der Waals surface area (Å²) in [6.45, 7) is 5.84. The first kappa shape index (κ1) is 24.0. The van der Waals surface area contributed by atoms with Gasteiger partial charge in [0.15, 0.2) is 11.6 Å². The fraction of sp³-hybridized carbons (Fsp3) is 0.714. The van der Waals surface area contributed by atoms with Crippen LogP contribution in [0.2, 0.25) is 0 Å². The Balaban J connectivity index is 1.67. The van der Waals surface area contributed by atoms with Crippen LogP contribution in [-0.4, -0.2) is 71.2 Å². The molecule has 0 bridgehead atoms. The van der Waals surface area contributed by atoms with E-state index in [-0.39, 0.29) is 24.2 Å². The minimum Gasteiger partial charge on any atom is -0.465 e. The van der Waals surface area contributed by atoms with E-state index in [9.17, 15) is 9.59 Å². The predicted molar refractivity (Wildman–Crippen MR) is 119 cm³/mol. The Bertz CT molecular complexity index is 819. The Hall–Kier alpha value is -2.69. The van der Waals surface area contributed by atoms with Crippen LogP contribution >= 0.6 is 0 Å². The van der Waals surface area contributed by atoms with Crippen molar-refractivity contribution in [2.75, 3.05) is 43.6 Å². The molecule has 32 heavy (non-hydrogen) atoms. The summed E-state index contributed by atoms with van der Waals surface area (Å²) in [4.78, 5) is 36.2. The minimum atomic E-state index is -1.18. The Morgan fingerprint density at radius 3 is 2.62 bits per heavy atom. The number of carboxylic acid groups (broad SMARTS) is 1. The topological polar surface area (TPSA) is 123 Å². The third-order valence-corrected chi connectivity index (χ3v) is 6.47. The molecular weight excluding hydrogens is 417 g/mol. The second-order valence-electron chi connectivity index (χ2n) is 8.92. The highest BCUT2D eigenvalue weighted by atomic mass is 19.1. The largest absolute Gasteiger partial charge is 0.465 e. The summed E-state index contributed by atoms with van der Waals surface area (Å²) >= 11 is 0. The van der Waals surface area contributed by atoms with Crippen molar-refractivity contribution in [3.63, 3.8) is 0 Å². The molecule has 2 aliphatic rings. The molecule has 0 unspecified atom stereocenters. The zero-order valence-corrected chi connectivity index (χ0v) is 19.0. The number of likely N-dealkylation sites (N-methyl/N-ethyl adjacent to an activating group) is 1. The van der Waals surface area contributed by atoms with Crippen LogP contribution < -0.4 is 21.1 Å². The van der Waals surface area contributed by atoms with Gasteiger partial charge in [-0.05, 0) is 33.2 Å². The van der Waals surface area contributed by atoms with Crippen LogP contribution in [0.25, 0.3) is 0 Å². The molecule has 1 aromatic rings. The lowest BCUT2D eigenvalue weighted by molar-refractivity contribution is -0.124. The fourth-order valence-corrected chi connectivity index (χ4v) is 4.44. The summed E-state index contributed by atoms with van der Waals surface area (Å²) < 4.78 is 15.2. The van der Waals surface area contributed by atoms with Crippen molar-refractivity contribution in [1.82, 2.24) is 25.6 Å². The highest BCUT2D eigenvalue weighted by Crippen LogP contribution is 2.30. The first-order valence-electron chi connectivity index (χ1n) is 11.3. The third kappa shape index (κ3) is 6.18. The summed E-state index contributed by atoms with van der Waals surface area (Å²) in [7, 11) is 2.04. The molecule has 1 aromatic heterocycles. The number of carbonyl (C=O) groups excluding carboxylic acids is 1.